The number of nitro groups is 1. The molecule has 1 atom stereocenters. The molecule has 1 aliphatic rings. The fraction of sp³-hybridized carbons (Fsp3) is 0.160. The molecular formula is C25H21N3O6. The minimum absolute atomic E-state index is 0.133. The number of hydrogen-bond donors (Lipinski definition) is 1. The molecule has 4 rings (SSSR count). The summed E-state index contributed by atoms with van der Waals surface area (Å²) in [7, 11) is 0. The summed E-state index contributed by atoms with van der Waals surface area (Å²) in [4.78, 5) is 42.1. The van der Waals surface area contributed by atoms with E-state index in [1.54, 1.807) is 42.5 Å². The fourth-order valence-corrected chi connectivity index (χ4v) is 3.74. The van der Waals surface area contributed by atoms with Crippen LogP contribution in [0.2, 0.25) is 0 Å². The highest BCUT2D eigenvalue weighted by Crippen LogP contribution is 2.41. The lowest BCUT2D eigenvalue weighted by atomic mass is 9.95. The Hall–Kier alpha value is -4.53. The third-order valence-electron chi connectivity index (χ3n) is 5.36. The number of aliphatic hydroxyl groups excluding tert-OH is 1. The minimum atomic E-state index is -1.02. The number of non-ortho nitro benzene ring substituents is 1. The van der Waals surface area contributed by atoms with Crippen LogP contribution >= 0.6 is 0 Å². The number of pyridine rings is 1. The standard InChI is InChI=1S/C25H21N3O6/c1-2-15-34-19-12-8-17(9-13-19)23(29)21-22(16-6-10-18(11-7-16)28(32)33)27(25(31)24(21)30)20-5-3-4-14-26-20/h3-14,22,29H,2,15H2,1H3/b23-21+. The van der Waals surface area contributed by atoms with Gasteiger partial charge in [-0.1, -0.05) is 13.0 Å². The van der Waals surface area contributed by atoms with Crippen LogP contribution in [0.1, 0.15) is 30.5 Å². The van der Waals surface area contributed by atoms with Crippen LogP contribution in [0.5, 0.6) is 5.75 Å². The van der Waals surface area contributed by atoms with Crippen molar-refractivity contribution >= 4 is 29.0 Å². The molecule has 1 aliphatic heterocycles. The second-order valence-electron chi connectivity index (χ2n) is 7.58. The number of anilines is 1. The van der Waals surface area contributed by atoms with Gasteiger partial charge in [0.1, 0.15) is 17.3 Å². The fourth-order valence-electron chi connectivity index (χ4n) is 3.74. The zero-order valence-corrected chi connectivity index (χ0v) is 18.2. The number of benzene rings is 2. The van der Waals surface area contributed by atoms with Crippen LogP contribution in [0.25, 0.3) is 5.76 Å². The molecule has 1 aromatic heterocycles. The number of amides is 1. The van der Waals surface area contributed by atoms with Gasteiger partial charge in [0, 0.05) is 23.9 Å². The van der Waals surface area contributed by atoms with E-state index in [1.807, 2.05) is 6.92 Å². The minimum Gasteiger partial charge on any atom is -0.507 e. The number of Topliss-reactive ketones (excluding diaryl/α,β-unsaturated/α-hetero) is 1. The van der Waals surface area contributed by atoms with Crippen molar-refractivity contribution < 1.29 is 24.4 Å². The SMILES string of the molecule is CCCOc1ccc(/C(O)=C2\C(=O)C(=O)N(c3ccccn3)C2c2ccc([N+](=O)[O-])cc2)cc1. The monoisotopic (exact) mass is 459 g/mol. The summed E-state index contributed by atoms with van der Waals surface area (Å²) < 4.78 is 5.56. The quantitative estimate of drug-likeness (QED) is 0.183. The molecule has 1 fully saturated rings. The van der Waals surface area contributed by atoms with E-state index in [0.717, 1.165) is 6.42 Å². The number of ether oxygens (including phenoxy) is 1. The molecule has 0 spiro atoms. The summed E-state index contributed by atoms with van der Waals surface area (Å²) in [6, 6.07) is 15.9. The lowest BCUT2D eigenvalue weighted by Gasteiger charge is -2.24. The Morgan fingerprint density at radius 1 is 1.09 bits per heavy atom. The maximum absolute atomic E-state index is 13.1. The van der Waals surface area contributed by atoms with E-state index >= 15 is 0 Å². The van der Waals surface area contributed by atoms with E-state index in [4.69, 9.17) is 4.74 Å². The van der Waals surface area contributed by atoms with Crippen molar-refractivity contribution in [1.82, 2.24) is 4.98 Å². The van der Waals surface area contributed by atoms with Crippen molar-refractivity contribution in [2.45, 2.75) is 19.4 Å². The van der Waals surface area contributed by atoms with Gasteiger partial charge in [-0.3, -0.25) is 24.6 Å². The summed E-state index contributed by atoms with van der Waals surface area (Å²) in [5, 5.41) is 22.2. The van der Waals surface area contributed by atoms with Crippen LogP contribution < -0.4 is 9.64 Å². The van der Waals surface area contributed by atoms with E-state index in [2.05, 4.69) is 4.98 Å². The van der Waals surface area contributed by atoms with E-state index in [-0.39, 0.29) is 22.8 Å². The zero-order valence-electron chi connectivity index (χ0n) is 18.2. The van der Waals surface area contributed by atoms with Gasteiger partial charge in [0.15, 0.2) is 0 Å². The van der Waals surface area contributed by atoms with Gasteiger partial charge in [-0.15, -0.1) is 0 Å². The van der Waals surface area contributed by atoms with Crippen molar-refractivity contribution in [2.24, 2.45) is 0 Å². The lowest BCUT2D eigenvalue weighted by Crippen LogP contribution is -2.30. The van der Waals surface area contributed by atoms with Crippen LogP contribution in [-0.2, 0) is 9.59 Å². The molecule has 34 heavy (non-hydrogen) atoms. The smallest absolute Gasteiger partial charge is 0.301 e. The van der Waals surface area contributed by atoms with Crippen molar-refractivity contribution in [1.29, 1.82) is 0 Å². The zero-order chi connectivity index (χ0) is 24.2. The largest absolute Gasteiger partial charge is 0.507 e. The molecule has 0 saturated carbocycles. The Labute approximate surface area is 195 Å². The number of rotatable bonds is 7. The number of carbonyl (C=O) groups is 2. The van der Waals surface area contributed by atoms with E-state index in [1.165, 1.54) is 35.4 Å². The average molecular weight is 459 g/mol. The molecule has 1 unspecified atom stereocenters. The summed E-state index contributed by atoms with van der Waals surface area (Å²) >= 11 is 0. The van der Waals surface area contributed by atoms with Gasteiger partial charge < -0.3 is 9.84 Å². The molecule has 2 heterocycles. The number of carbonyl (C=O) groups excluding carboxylic acids is 2. The van der Waals surface area contributed by atoms with Crippen LogP contribution in [0.4, 0.5) is 11.5 Å². The van der Waals surface area contributed by atoms with E-state index < -0.39 is 22.7 Å². The van der Waals surface area contributed by atoms with Gasteiger partial charge in [-0.25, -0.2) is 4.98 Å². The molecule has 2 aromatic carbocycles. The van der Waals surface area contributed by atoms with Gasteiger partial charge in [0.25, 0.3) is 11.5 Å². The van der Waals surface area contributed by atoms with Crippen molar-refractivity contribution in [3.63, 3.8) is 0 Å². The number of ketones is 1. The molecule has 1 amide bonds. The maximum atomic E-state index is 13.1. The molecule has 1 N–H and O–H groups in total. The van der Waals surface area contributed by atoms with Gasteiger partial charge >= 0.3 is 5.91 Å². The van der Waals surface area contributed by atoms with Crippen LogP contribution in [0, 0.1) is 10.1 Å². The van der Waals surface area contributed by atoms with Crippen LogP contribution in [0.15, 0.2) is 78.5 Å². The van der Waals surface area contributed by atoms with E-state index in [9.17, 15) is 24.8 Å². The molecule has 3 aromatic rings. The first-order chi connectivity index (χ1) is 16.4. The number of aliphatic hydroxyl groups is 1. The number of aromatic nitrogens is 1. The summed E-state index contributed by atoms with van der Waals surface area (Å²) in [6.07, 6.45) is 2.32. The number of nitro benzene ring substituents is 1. The lowest BCUT2D eigenvalue weighted by molar-refractivity contribution is -0.384. The van der Waals surface area contributed by atoms with Gasteiger partial charge in [0.2, 0.25) is 0 Å². The summed E-state index contributed by atoms with van der Waals surface area (Å²) in [5.74, 6) is -1.26. The number of nitrogens with zero attached hydrogens (tertiary/aromatic N) is 3. The number of hydrogen-bond acceptors (Lipinski definition) is 7. The summed E-state index contributed by atoms with van der Waals surface area (Å²) in [6.45, 7) is 2.53. The normalized spacial score (nSPS) is 17.1. The third kappa shape index (κ3) is 4.23. The maximum Gasteiger partial charge on any atom is 0.301 e. The molecule has 9 heteroatoms. The molecule has 0 radical (unpaired) electrons. The highest BCUT2D eigenvalue weighted by molar-refractivity contribution is 6.51. The van der Waals surface area contributed by atoms with Gasteiger partial charge in [-0.05, 0) is 60.5 Å². The van der Waals surface area contributed by atoms with Crippen molar-refractivity contribution in [2.75, 3.05) is 11.5 Å². The molecular weight excluding hydrogens is 438 g/mol. The van der Waals surface area contributed by atoms with Crippen LogP contribution in [0.3, 0.4) is 0 Å². The molecule has 172 valence electrons. The van der Waals surface area contributed by atoms with Gasteiger partial charge in [-0.2, -0.15) is 0 Å². The molecule has 9 nitrogen and oxygen atoms in total. The van der Waals surface area contributed by atoms with Crippen molar-refractivity contribution in [3.8, 4) is 5.75 Å². The Kier molecular flexibility index (Phi) is 6.35. The third-order valence-corrected chi connectivity index (χ3v) is 5.36. The van der Waals surface area contributed by atoms with Crippen molar-refractivity contribution in [3.05, 3.63) is 99.7 Å². The highest BCUT2D eigenvalue weighted by atomic mass is 16.6. The Balaban J connectivity index is 1.84. The van der Waals surface area contributed by atoms with E-state index in [0.29, 0.717) is 23.5 Å². The second-order valence-corrected chi connectivity index (χ2v) is 7.58. The predicted molar refractivity (Wildman–Crippen MR) is 124 cm³/mol. The van der Waals surface area contributed by atoms with Gasteiger partial charge in [0.05, 0.1) is 23.1 Å². The summed E-state index contributed by atoms with van der Waals surface area (Å²) in [5.41, 5.74) is 0.475. The Morgan fingerprint density at radius 2 is 1.79 bits per heavy atom. The molecule has 1 saturated heterocycles. The van der Waals surface area contributed by atoms with Crippen LogP contribution in [-0.4, -0.2) is 33.3 Å². The second kappa shape index (κ2) is 9.53. The first kappa shape index (κ1) is 22.7. The Morgan fingerprint density at radius 3 is 2.38 bits per heavy atom. The topological polar surface area (TPSA) is 123 Å². The molecule has 0 bridgehead atoms. The first-order valence-electron chi connectivity index (χ1n) is 10.6. The Bertz CT molecular complexity index is 1250. The average Bonchev–Trinajstić information content (AvgIpc) is 3.13. The first-order valence-corrected chi connectivity index (χ1v) is 10.6. The highest BCUT2D eigenvalue weighted by Gasteiger charge is 2.47. The molecule has 0 aliphatic carbocycles. The predicted octanol–water partition coefficient (Wildman–Crippen LogP) is 4.40.